The topological polar surface area (TPSA) is 61.6 Å². The van der Waals surface area contributed by atoms with Gasteiger partial charge in [-0.25, -0.2) is 0 Å². The van der Waals surface area contributed by atoms with E-state index in [1.54, 1.807) is 6.07 Å². The van der Waals surface area contributed by atoms with Crippen LogP contribution in [0.5, 0.6) is 0 Å². The van der Waals surface area contributed by atoms with Crippen LogP contribution in [-0.2, 0) is 0 Å². The zero-order valence-corrected chi connectivity index (χ0v) is 13.2. The standard InChI is InChI=1S/C16H26N4O/c1-4-18-16(21)12-5-6-14(17)15(11-12)20(3)13-7-9-19(2)10-8-13/h5-6,11,13H,4,7-10,17H2,1-3H3,(H,18,21). The minimum atomic E-state index is -0.0458. The van der Waals surface area contributed by atoms with E-state index in [-0.39, 0.29) is 5.91 Å². The number of rotatable bonds is 4. The van der Waals surface area contributed by atoms with Gasteiger partial charge in [0.25, 0.3) is 5.91 Å². The smallest absolute Gasteiger partial charge is 0.251 e. The maximum absolute atomic E-state index is 12.0. The van der Waals surface area contributed by atoms with Gasteiger partial charge >= 0.3 is 0 Å². The van der Waals surface area contributed by atoms with Gasteiger partial charge in [-0.2, -0.15) is 0 Å². The van der Waals surface area contributed by atoms with Crippen molar-refractivity contribution in [2.75, 3.05) is 44.4 Å². The number of hydrogen-bond donors (Lipinski definition) is 2. The number of hydrogen-bond acceptors (Lipinski definition) is 4. The summed E-state index contributed by atoms with van der Waals surface area (Å²) in [6.07, 6.45) is 2.25. The van der Waals surface area contributed by atoms with Gasteiger partial charge in [0.15, 0.2) is 0 Å². The summed E-state index contributed by atoms with van der Waals surface area (Å²) >= 11 is 0. The van der Waals surface area contributed by atoms with Crippen molar-refractivity contribution in [3.8, 4) is 0 Å². The minimum Gasteiger partial charge on any atom is -0.397 e. The van der Waals surface area contributed by atoms with E-state index in [2.05, 4.69) is 29.2 Å². The van der Waals surface area contributed by atoms with E-state index in [1.165, 1.54) is 0 Å². The maximum atomic E-state index is 12.0. The molecular weight excluding hydrogens is 264 g/mol. The molecule has 1 aromatic rings. The average molecular weight is 290 g/mol. The third kappa shape index (κ3) is 3.67. The molecule has 5 heteroatoms. The fraction of sp³-hybridized carbons (Fsp3) is 0.562. The lowest BCUT2D eigenvalue weighted by Crippen LogP contribution is -2.42. The molecule has 5 nitrogen and oxygen atoms in total. The predicted molar refractivity (Wildman–Crippen MR) is 87.8 cm³/mol. The van der Waals surface area contributed by atoms with Crippen molar-refractivity contribution in [3.05, 3.63) is 23.8 Å². The zero-order chi connectivity index (χ0) is 15.4. The Bertz CT molecular complexity index is 495. The number of anilines is 2. The molecule has 1 aliphatic heterocycles. The second kappa shape index (κ2) is 6.80. The molecule has 1 fully saturated rings. The third-order valence-electron chi connectivity index (χ3n) is 4.25. The number of carbonyl (C=O) groups excluding carboxylic acids is 1. The molecule has 1 amide bonds. The molecular formula is C16H26N4O. The fourth-order valence-corrected chi connectivity index (χ4v) is 2.83. The van der Waals surface area contributed by atoms with E-state index in [4.69, 9.17) is 5.73 Å². The van der Waals surface area contributed by atoms with E-state index in [1.807, 2.05) is 19.1 Å². The molecule has 0 saturated carbocycles. The normalized spacial score (nSPS) is 16.7. The number of benzene rings is 1. The summed E-state index contributed by atoms with van der Waals surface area (Å²) in [7, 11) is 4.23. The molecule has 116 valence electrons. The molecule has 1 heterocycles. The van der Waals surface area contributed by atoms with Crippen LogP contribution in [0.3, 0.4) is 0 Å². The van der Waals surface area contributed by atoms with Gasteiger partial charge in [-0.1, -0.05) is 0 Å². The molecule has 0 aliphatic carbocycles. The first-order valence-electron chi connectivity index (χ1n) is 7.62. The summed E-state index contributed by atoms with van der Waals surface area (Å²) in [6.45, 7) is 4.75. The summed E-state index contributed by atoms with van der Waals surface area (Å²) in [4.78, 5) is 16.5. The predicted octanol–water partition coefficient (Wildman–Crippen LogP) is 1.55. The third-order valence-corrected chi connectivity index (χ3v) is 4.25. The molecule has 0 spiro atoms. The van der Waals surface area contributed by atoms with Gasteiger partial charge in [0.1, 0.15) is 0 Å². The van der Waals surface area contributed by atoms with Crippen molar-refractivity contribution >= 4 is 17.3 Å². The zero-order valence-electron chi connectivity index (χ0n) is 13.2. The van der Waals surface area contributed by atoms with E-state index in [0.29, 0.717) is 18.2 Å². The Morgan fingerprint density at radius 2 is 2.10 bits per heavy atom. The lowest BCUT2D eigenvalue weighted by atomic mass is 10.0. The lowest BCUT2D eigenvalue weighted by molar-refractivity contribution is 0.0956. The first-order valence-corrected chi connectivity index (χ1v) is 7.62. The number of piperidine rings is 1. The summed E-state index contributed by atoms with van der Waals surface area (Å²) in [5, 5.41) is 2.83. The Labute approximate surface area is 127 Å². The van der Waals surface area contributed by atoms with Crippen LogP contribution in [0.2, 0.25) is 0 Å². The number of nitrogens with zero attached hydrogens (tertiary/aromatic N) is 2. The molecule has 0 bridgehead atoms. The van der Waals surface area contributed by atoms with Crippen molar-refractivity contribution in [3.63, 3.8) is 0 Å². The Morgan fingerprint density at radius 3 is 2.71 bits per heavy atom. The Kier molecular flexibility index (Phi) is 5.07. The van der Waals surface area contributed by atoms with Gasteiger partial charge in [-0.05, 0) is 58.1 Å². The molecule has 3 N–H and O–H groups in total. The van der Waals surface area contributed by atoms with Crippen LogP contribution < -0.4 is 16.0 Å². The Morgan fingerprint density at radius 1 is 1.43 bits per heavy atom. The highest BCUT2D eigenvalue weighted by Crippen LogP contribution is 2.28. The summed E-state index contributed by atoms with van der Waals surface area (Å²) in [6, 6.07) is 5.99. The lowest BCUT2D eigenvalue weighted by Gasteiger charge is -2.37. The summed E-state index contributed by atoms with van der Waals surface area (Å²) < 4.78 is 0. The highest BCUT2D eigenvalue weighted by Gasteiger charge is 2.22. The fourth-order valence-electron chi connectivity index (χ4n) is 2.83. The SMILES string of the molecule is CCNC(=O)c1ccc(N)c(N(C)C2CCN(C)CC2)c1. The molecule has 1 saturated heterocycles. The van der Waals surface area contributed by atoms with Crippen molar-refractivity contribution in [1.82, 2.24) is 10.2 Å². The minimum absolute atomic E-state index is 0.0458. The molecule has 0 radical (unpaired) electrons. The highest BCUT2D eigenvalue weighted by molar-refractivity contribution is 5.96. The number of amides is 1. The quantitative estimate of drug-likeness (QED) is 0.826. The van der Waals surface area contributed by atoms with E-state index in [9.17, 15) is 4.79 Å². The van der Waals surface area contributed by atoms with Gasteiger partial charge in [0.05, 0.1) is 11.4 Å². The van der Waals surface area contributed by atoms with Crippen LogP contribution in [-0.4, -0.2) is 50.6 Å². The molecule has 1 aliphatic rings. The first kappa shape index (κ1) is 15.6. The van der Waals surface area contributed by atoms with Crippen molar-refractivity contribution in [2.45, 2.75) is 25.8 Å². The van der Waals surface area contributed by atoms with Gasteiger partial charge in [0.2, 0.25) is 0 Å². The molecule has 0 aromatic heterocycles. The van der Waals surface area contributed by atoms with Crippen LogP contribution in [0.15, 0.2) is 18.2 Å². The van der Waals surface area contributed by atoms with Gasteiger partial charge in [-0.15, -0.1) is 0 Å². The second-order valence-corrected chi connectivity index (χ2v) is 5.78. The number of nitrogens with one attached hydrogen (secondary N) is 1. The van der Waals surface area contributed by atoms with Gasteiger partial charge in [-0.3, -0.25) is 4.79 Å². The van der Waals surface area contributed by atoms with Crippen molar-refractivity contribution < 1.29 is 4.79 Å². The van der Waals surface area contributed by atoms with E-state index < -0.39 is 0 Å². The summed E-state index contributed by atoms with van der Waals surface area (Å²) in [5.41, 5.74) is 8.46. The Balaban J connectivity index is 2.17. The summed E-state index contributed by atoms with van der Waals surface area (Å²) in [5.74, 6) is -0.0458. The molecule has 2 rings (SSSR count). The molecule has 0 unspecified atom stereocenters. The van der Waals surface area contributed by atoms with Crippen LogP contribution >= 0.6 is 0 Å². The highest BCUT2D eigenvalue weighted by atomic mass is 16.1. The van der Waals surface area contributed by atoms with E-state index >= 15 is 0 Å². The number of nitrogens with two attached hydrogens (primary N) is 1. The van der Waals surface area contributed by atoms with Crippen LogP contribution in [0.25, 0.3) is 0 Å². The maximum Gasteiger partial charge on any atom is 0.251 e. The largest absolute Gasteiger partial charge is 0.397 e. The van der Waals surface area contributed by atoms with Crippen molar-refractivity contribution in [1.29, 1.82) is 0 Å². The first-order chi connectivity index (χ1) is 10.0. The van der Waals surface area contributed by atoms with E-state index in [0.717, 1.165) is 37.3 Å². The average Bonchev–Trinajstić information content (AvgIpc) is 2.48. The Hall–Kier alpha value is -1.75. The monoisotopic (exact) mass is 290 g/mol. The molecule has 0 atom stereocenters. The van der Waals surface area contributed by atoms with Crippen LogP contribution in [0.1, 0.15) is 30.1 Å². The molecule has 21 heavy (non-hydrogen) atoms. The van der Waals surface area contributed by atoms with Gasteiger partial charge < -0.3 is 20.9 Å². The van der Waals surface area contributed by atoms with Crippen LogP contribution in [0.4, 0.5) is 11.4 Å². The van der Waals surface area contributed by atoms with Crippen LogP contribution in [0, 0.1) is 0 Å². The number of carbonyl (C=O) groups is 1. The van der Waals surface area contributed by atoms with Crippen molar-refractivity contribution in [2.24, 2.45) is 0 Å². The number of likely N-dealkylation sites (tertiary alicyclic amines) is 1. The van der Waals surface area contributed by atoms with Gasteiger partial charge in [0, 0.05) is 25.2 Å². The number of nitrogen functional groups attached to an aromatic ring is 1. The molecule has 1 aromatic carbocycles. The second-order valence-electron chi connectivity index (χ2n) is 5.78.